The lowest BCUT2D eigenvalue weighted by Gasteiger charge is -2.38. The van der Waals surface area contributed by atoms with Gasteiger partial charge in [-0.15, -0.1) is 0 Å². The van der Waals surface area contributed by atoms with Crippen molar-refractivity contribution in [2.75, 3.05) is 0 Å². The van der Waals surface area contributed by atoms with Gasteiger partial charge in [0, 0.05) is 11.5 Å². The third-order valence-corrected chi connectivity index (χ3v) is 6.05. The number of carbonyl (C=O) groups excluding carboxylic acids is 1. The summed E-state index contributed by atoms with van der Waals surface area (Å²) in [5.41, 5.74) is 7.22. The van der Waals surface area contributed by atoms with Gasteiger partial charge in [0.1, 0.15) is 0 Å². The minimum Gasteiger partial charge on any atom is -0.293 e. The van der Waals surface area contributed by atoms with Gasteiger partial charge >= 0.3 is 0 Å². The van der Waals surface area contributed by atoms with Gasteiger partial charge in [0.25, 0.3) is 0 Å². The molecule has 3 aromatic carbocycles. The first-order chi connectivity index (χ1) is 12.3. The van der Waals surface area contributed by atoms with Crippen LogP contribution in [0.15, 0.2) is 78.4 Å². The van der Waals surface area contributed by atoms with Crippen molar-refractivity contribution in [1.29, 1.82) is 0 Å². The summed E-state index contributed by atoms with van der Waals surface area (Å²) in [6.07, 6.45) is 7.18. The molecule has 3 aliphatic rings. The quantitative estimate of drug-likeness (QED) is 0.534. The normalized spacial score (nSPS) is 22.4. The molecule has 0 spiro atoms. The standard InChI is InChI=1S/C24H16O/c25-24-20-10-4-2-8-16(20)19-13-12-14-6-5-11-17-15-7-1-3-9-18(15)23(24)22(19)21(14)17/h1-7,9-13,16,23H,8H2. The first-order valence-corrected chi connectivity index (χ1v) is 8.90. The van der Waals surface area contributed by atoms with E-state index >= 15 is 0 Å². The van der Waals surface area contributed by atoms with Crippen LogP contribution in [-0.4, -0.2) is 5.78 Å². The van der Waals surface area contributed by atoms with Crippen molar-refractivity contribution in [3.05, 3.63) is 95.1 Å². The molecular formula is C24H16O. The predicted octanol–water partition coefficient (Wildman–Crippen LogP) is 5.50. The van der Waals surface area contributed by atoms with Crippen molar-refractivity contribution < 1.29 is 4.79 Å². The number of allylic oxidation sites excluding steroid dienone is 4. The summed E-state index contributed by atoms with van der Waals surface area (Å²) in [5, 5.41) is 2.52. The van der Waals surface area contributed by atoms with E-state index in [1.165, 1.54) is 33.0 Å². The molecule has 0 saturated heterocycles. The topological polar surface area (TPSA) is 17.1 Å². The van der Waals surface area contributed by atoms with Crippen LogP contribution in [0.5, 0.6) is 0 Å². The number of benzene rings is 3. The van der Waals surface area contributed by atoms with Gasteiger partial charge in [0.2, 0.25) is 0 Å². The second kappa shape index (κ2) is 4.58. The Kier molecular flexibility index (Phi) is 2.45. The lowest BCUT2D eigenvalue weighted by Crippen LogP contribution is -2.30. The van der Waals surface area contributed by atoms with Crippen LogP contribution in [0, 0.1) is 0 Å². The summed E-state index contributed by atoms with van der Waals surface area (Å²) in [4.78, 5) is 13.5. The van der Waals surface area contributed by atoms with Crippen molar-refractivity contribution in [3.63, 3.8) is 0 Å². The number of hydrogen-bond donors (Lipinski definition) is 0. The third-order valence-electron chi connectivity index (χ3n) is 6.05. The molecule has 0 bridgehead atoms. The van der Waals surface area contributed by atoms with E-state index in [1.807, 2.05) is 12.2 Å². The Hall–Kier alpha value is -2.93. The highest BCUT2D eigenvalue weighted by molar-refractivity contribution is 6.14. The van der Waals surface area contributed by atoms with E-state index in [0.717, 1.165) is 17.6 Å². The molecule has 0 heterocycles. The first-order valence-electron chi connectivity index (χ1n) is 8.90. The molecule has 0 fully saturated rings. The predicted molar refractivity (Wildman–Crippen MR) is 101 cm³/mol. The molecule has 0 saturated carbocycles. The van der Waals surface area contributed by atoms with Gasteiger partial charge in [-0.1, -0.05) is 72.8 Å². The van der Waals surface area contributed by atoms with E-state index in [0.29, 0.717) is 0 Å². The van der Waals surface area contributed by atoms with Crippen LogP contribution >= 0.6 is 0 Å². The molecule has 6 rings (SSSR count). The molecule has 3 aliphatic carbocycles. The lowest BCUT2D eigenvalue weighted by molar-refractivity contribution is -0.116. The fourth-order valence-corrected chi connectivity index (χ4v) is 5.03. The van der Waals surface area contributed by atoms with E-state index in [9.17, 15) is 4.79 Å². The summed E-state index contributed by atoms with van der Waals surface area (Å²) in [7, 11) is 0. The van der Waals surface area contributed by atoms with Gasteiger partial charge in [-0.25, -0.2) is 0 Å². The number of carbonyl (C=O) groups is 1. The maximum Gasteiger partial charge on any atom is 0.171 e. The zero-order valence-electron chi connectivity index (χ0n) is 13.7. The largest absolute Gasteiger partial charge is 0.293 e. The second-order valence-corrected chi connectivity index (χ2v) is 7.20. The molecule has 0 aliphatic heterocycles. The van der Waals surface area contributed by atoms with Crippen molar-refractivity contribution in [2.24, 2.45) is 0 Å². The zero-order chi connectivity index (χ0) is 16.5. The number of fused-ring (bicyclic) bond motifs is 5. The van der Waals surface area contributed by atoms with Crippen LogP contribution in [0.1, 0.15) is 34.9 Å². The van der Waals surface area contributed by atoms with Gasteiger partial charge in [0.05, 0.1) is 5.92 Å². The molecule has 2 unspecified atom stereocenters. The summed E-state index contributed by atoms with van der Waals surface area (Å²) in [5.74, 6) is 0.349. The molecule has 118 valence electrons. The number of hydrogen-bond acceptors (Lipinski definition) is 1. The highest BCUT2D eigenvalue weighted by Gasteiger charge is 2.42. The second-order valence-electron chi connectivity index (χ2n) is 7.20. The maximum absolute atomic E-state index is 13.5. The summed E-state index contributed by atoms with van der Waals surface area (Å²) in [6.45, 7) is 0. The molecule has 0 aromatic heterocycles. The molecule has 3 aromatic rings. The molecule has 0 radical (unpaired) electrons. The van der Waals surface area contributed by atoms with Crippen LogP contribution in [0.2, 0.25) is 0 Å². The van der Waals surface area contributed by atoms with Crippen LogP contribution in [0.3, 0.4) is 0 Å². The van der Waals surface area contributed by atoms with E-state index < -0.39 is 0 Å². The highest BCUT2D eigenvalue weighted by atomic mass is 16.1. The van der Waals surface area contributed by atoms with Gasteiger partial charge in [-0.2, -0.15) is 0 Å². The Morgan fingerprint density at radius 2 is 1.72 bits per heavy atom. The van der Waals surface area contributed by atoms with Gasteiger partial charge < -0.3 is 0 Å². The van der Waals surface area contributed by atoms with E-state index in [2.05, 4.69) is 60.7 Å². The van der Waals surface area contributed by atoms with Crippen LogP contribution in [0.25, 0.3) is 21.9 Å². The monoisotopic (exact) mass is 320 g/mol. The SMILES string of the molecule is O=C1C2=CC=CCC2c2ccc3cccc4c3c2C1c1ccccc1-4. The number of rotatable bonds is 0. The molecule has 0 amide bonds. The van der Waals surface area contributed by atoms with Gasteiger partial charge in [-0.05, 0) is 45.0 Å². The molecule has 25 heavy (non-hydrogen) atoms. The molecule has 2 atom stereocenters. The van der Waals surface area contributed by atoms with Crippen molar-refractivity contribution in [3.8, 4) is 11.1 Å². The highest BCUT2D eigenvalue weighted by Crippen LogP contribution is 2.54. The van der Waals surface area contributed by atoms with Crippen LogP contribution in [-0.2, 0) is 4.79 Å². The third kappa shape index (κ3) is 1.56. The zero-order valence-corrected chi connectivity index (χ0v) is 13.7. The van der Waals surface area contributed by atoms with Crippen molar-refractivity contribution in [2.45, 2.75) is 18.3 Å². The average molecular weight is 320 g/mol. The fourth-order valence-electron chi connectivity index (χ4n) is 5.03. The van der Waals surface area contributed by atoms with Crippen LogP contribution < -0.4 is 0 Å². The van der Waals surface area contributed by atoms with Crippen molar-refractivity contribution >= 4 is 16.6 Å². The van der Waals surface area contributed by atoms with E-state index in [1.54, 1.807) is 0 Å². The van der Waals surface area contributed by atoms with Gasteiger partial charge in [-0.3, -0.25) is 4.79 Å². The number of Topliss-reactive ketones (excluding diaryl/α,β-unsaturated/α-hetero) is 1. The van der Waals surface area contributed by atoms with E-state index in [4.69, 9.17) is 0 Å². The minimum absolute atomic E-state index is 0.154. The van der Waals surface area contributed by atoms with E-state index in [-0.39, 0.29) is 17.6 Å². The summed E-state index contributed by atoms with van der Waals surface area (Å²) < 4.78 is 0. The maximum atomic E-state index is 13.5. The minimum atomic E-state index is -0.154. The Bertz CT molecular complexity index is 1150. The first kappa shape index (κ1) is 13.4. The molecule has 1 nitrogen and oxygen atoms in total. The lowest BCUT2D eigenvalue weighted by atomic mass is 9.63. The van der Waals surface area contributed by atoms with Crippen molar-refractivity contribution in [1.82, 2.24) is 0 Å². The fraction of sp³-hybridized carbons (Fsp3) is 0.125. The Morgan fingerprint density at radius 3 is 2.68 bits per heavy atom. The Labute approximate surface area is 146 Å². The molecule has 0 N–H and O–H groups in total. The number of ketones is 1. The van der Waals surface area contributed by atoms with Gasteiger partial charge in [0.15, 0.2) is 5.78 Å². The Morgan fingerprint density at radius 1 is 0.840 bits per heavy atom. The molecule has 1 heteroatoms. The molecular weight excluding hydrogens is 304 g/mol. The summed E-state index contributed by atoms with van der Waals surface area (Å²) >= 11 is 0. The van der Waals surface area contributed by atoms with Crippen LogP contribution in [0.4, 0.5) is 0 Å². The smallest absolute Gasteiger partial charge is 0.171 e. The summed E-state index contributed by atoms with van der Waals surface area (Å²) in [6, 6.07) is 19.4. The Balaban J connectivity index is 1.83. The average Bonchev–Trinajstić information content (AvgIpc) is 2.68.